The monoisotopic (exact) mass is 435 g/mol. The van der Waals surface area contributed by atoms with Crippen LogP contribution in [0.25, 0.3) is 11.4 Å². The summed E-state index contributed by atoms with van der Waals surface area (Å²) in [6.45, 7) is 6.57. The third-order valence-electron chi connectivity index (χ3n) is 5.75. The van der Waals surface area contributed by atoms with E-state index >= 15 is 0 Å². The first-order chi connectivity index (χ1) is 15.7. The second kappa shape index (κ2) is 10.3. The number of carbonyl (C=O) groups excluding carboxylic acids is 1. The fourth-order valence-corrected chi connectivity index (χ4v) is 4.00. The van der Waals surface area contributed by atoms with Crippen LogP contribution in [0.1, 0.15) is 45.0 Å². The fourth-order valence-electron chi connectivity index (χ4n) is 4.00. The van der Waals surface area contributed by atoms with Crippen molar-refractivity contribution in [3.8, 4) is 17.1 Å². The van der Waals surface area contributed by atoms with Gasteiger partial charge < -0.3 is 19.1 Å². The van der Waals surface area contributed by atoms with Crippen LogP contribution in [0.3, 0.4) is 0 Å². The molecular weight excluding hydrogens is 406 g/mol. The molecule has 0 spiro atoms. The number of pyridine rings is 1. The van der Waals surface area contributed by atoms with E-state index in [-0.39, 0.29) is 18.6 Å². The van der Waals surface area contributed by atoms with Gasteiger partial charge in [-0.05, 0) is 57.4 Å². The van der Waals surface area contributed by atoms with Gasteiger partial charge in [-0.2, -0.15) is 4.98 Å². The molecule has 0 unspecified atom stereocenters. The predicted octanol–water partition coefficient (Wildman–Crippen LogP) is 4.11. The molecule has 168 valence electrons. The summed E-state index contributed by atoms with van der Waals surface area (Å²) in [6, 6.07) is 13.0. The highest BCUT2D eigenvalue weighted by atomic mass is 16.5. The van der Waals surface area contributed by atoms with Crippen molar-refractivity contribution in [2.24, 2.45) is 0 Å². The number of rotatable bonds is 8. The van der Waals surface area contributed by atoms with E-state index in [0.717, 1.165) is 43.7 Å². The van der Waals surface area contributed by atoms with Crippen molar-refractivity contribution >= 4 is 11.7 Å². The second-order valence-electron chi connectivity index (χ2n) is 7.73. The quantitative estimate of drug-likeness (QED) is 0.526. The molecule has 2 aromatic heterocycles. The number of carbonyl (C=O) groups is 1. The van der Waals surface area contributed by atoms with Crippen molar-refractivity contribution in [2.45, 2.75) is 39.2 Å². The number of benzene rings is 1. The molecule has 1 aliphatic rings. The summed E-state index contributed by atoms with van der Waals surface area (Å²) in [5.74, 6) is 2.46. The molecule has 4 rings (SSSR count). The minimum absolute atomic E-state index is 0.0148. The third-order valence-corrected chi connectivity index (χ3v) is 5.75. The third kappa shape index (κ3) is 4.90. The summed E-state index contributed by atoms with van der Waals surface area (Å²) < 4.78 is 11.3. The normalized spacial score (nSPS) is 16.1. The van der Waals surface area contributed by atoms with Gasteiger partial charge in [0.2, 0.25) is 11.7 Å². The Hall–Kier alpha value is -3.42. The van der Waals surface area contributed by atoms with Crippen LogP contribution in [0.5, 0.6) is 5.75 Å². The van der Waals surface area contributed by atoms with Crippen LogP contribution < -0.4 is 9.64 Å². The van der Waals surface area contributed by atoms with Gasteiger partial charge >= 0.3 is 0 Å². The van der Waals surface area contributed by atoms with E-state index in [1.165, 1.54) is 0 Å². The lowest BCUT2D eigenvalue weighted by Crippen LogP contribution is -2.41. The largest absolute Gasteiger partial charge is 0.484 e. The van der Waals surface area contributed by atoms with Gasteiger partial charge in [0.15, 0.2) is 6.61 Å². The molecule has 1 fully saturated rings. The molecule has 1 aliphatic heterocycles. The maximum absolute atomic E-state index is 12.9. The van der Waals surface area contributed by atoms with E-state index in [2.05, 4.69) is 33.9 Å². The molecule has 8 nitrogen and oxygen atoms in total. The number of aromatic nitrogens is 3. The van der Waals surface area contributed by atoms with E-state index in [1.54, 1.807) is 11.1 Å². The molecule has 0 saturated carbocycles. The number of likely N-dealkylation sites (tertiary alicyclic amines) is 1. The van der Waals surface area contributed by atoms with Gasteiger partial charge in [-0.15, -0.1) is 0 Å². The van der Waals surface area contributed by atoms with Crippen molar-refractivity contribution in [3.63, 3.8) is 0 Å². The highest BCUT2D eigenvalue weighted by molar-refractivity contribution is 5.78. The van der Waals surface area contributed by atoms with E-state index in [4.69, 9.17) is 9.26 Å². The summed E-state index contributed by atoms with van der Waals surface area (Å²) in [6.07, 6.45) is 4.51. The smallest absolute Gasteiger partial charge is 0.261 e. The molecule has 3 heterocycles. The number of hydrogen-bond acceptors (Lipinski definition) is 7. The van der Waals surface area contributed by atoms with Crippen molar-refractivity contribution in [2.75, 3.05) is 31.1 Å². The zero-order valence-corrected chi connectivity index (χ0v) is 18.6. The van der Waals surface area contributed by atoms with Crippen LogP contribution in [-0.2, 0) is 4.79 Å². The summed E-state index contributed by atoms with van der Waals surface area (Å²) in [5, 5.41) is 4.20. The van der Waals surface area contributed by atoms with Gasteiger partial charge in [0.05, 0.1) is 0 Å². The van der Waals surface area contributed by atoms with Crippen LogP contribution in [0.2, 0.25) is 0 Å². The molecule has 0 bridgehead atoms. The number of hydrogen-bond donors (Lipinski definition) is 0. The maximum Gasteiger partial charge on any atom is 0.261 e. The van der Waals surface area contributed by atoms with Gasteiger partial charge in [-0.1, -0.05) is 23.4 Å². The SMILES string of the molecule is CCN(CC)c1cc(-c2noc([C@H]3CCCCN3C(=O)COc3ccccc3)n2)ccn1. The lowest BCUT2D eigenvalue weighted by atomic mass is 10.0. The summed E-state index contributed by atoms with van der Waals surface area (Å²) >= 11 is 0. The van der Waals surface area contributed by atoms with Gasteiger partial charge in [0.25, 0.3) is 5.91 Å². The highest BCUT2D eigenvalue weighted by Crippen LogP contribution is 2.31. The minimum Gasteiger partial charge on any atom is -0.484 e. The van der Waals surface area contributed by atoms with Crippen molar-refractivity contribution in [3.05, 3.63) is 54.6 Å². The average Bonchev–Trinajstić information content (AvgIpc) is 3.34. The lowest BCUT2D eigenvalue weighted by molar-refractivity contribution is -0.138. The number of amides is 1. The van der Waals surface area contributed by atoms with Crippen LogP contribution in [0, 0.1) is 0 Å². The molecule has 0 aliphatic carbocycles. The summed E-state index contributed by atoms with van der Waals surface area (Å²) in [7, 11) is 0. The van der Waals surface area contributed by atoms with E-state index < -0.39 is 0 Å². The van der Waals surface area contributed by atoms with Gasteiger partial charge in [0.1, 0.15) is 17.6 Å². The lowest BCUT2D eigenvalue weighted by Gasteiger charge is -2.33. The Bertz CT molecular complexity index is 1020. The molecule has 1 saturated heterocycles. The molecule has 0 N–H and O–H groups in total. The zero-order valence-electron chi connectivity index (χ0n) is 18.6. The van der Waals surface area contributed by atoms with Crippen LogP contribution in [0.4, 0.5) is 5.82 Å². The van der Waals surface area contributed by atoms with Crippen LogP contribution in [-0.4, -0.2) is 52.2 Å². The first-order valence-corrected chi connectivity index (χ1v) is 11.2. The van der Waals surface area contributed by atoms with Crippen LogP contribution >= 0.6 is 0 Å². The Kier molecular flexibility index (Phi) is 6.99. The number of anilines is 1. The van der Waals surface area contributed by atoms with E-state index in [0.29, 0.717) is 24.0 Å². The standard InChI is InChI=1S/C24H29N5O3/c1-3-28(4-2)21-16-18(13-14-25-21)23-26-24(32-27-23)20-12-8-9-15-29(20)22(30)17-31-19-10-6-5-7-11-19/h5-7,10-11,13-14,16,20H,3-4,8-9,12,15,17H2,1-2H3/t20-/m1/s1. The Morgan fingerprint density at radius 3 is 2.78 bits per heavy atom. The second-order valence-corrected chi connectivity index (χ2v) is 7.73. The molecule has 1 amide bonds. The highest BCUT2D eigenvalue weighted by Gasteiger charge is 2.32. The molecule has 1 atom stereocenters. The molecule has 32 heavy (non-hydrogen) atoms. The maximum atomic E-state index is 12.9. The Balaban J connectivity index is 1.49. The van der Waals surface area contributed by atoms with Crippen molar-refractivity contribution < 1.29 is 14.1 Å². The molecule has 0 radical (unpaired) electrons. The average molecular weight is 436 g/mol. The number of ether oxygens (including phenoxy) is 1. The Morgan fingerprint density at radius 1 is 1.19 bits per heavy atom. The molecule has 3 aromatic rings. The molecular formula is C24H29N5O3. The summed E-state index contributed by atoms with van der Waals surface area (Å²) in [4.78, 5) is 26.0. The van der Waals surface area contributed by atoms with E-state index in [9.17, 15) is 4.79 Å². The Labute approximate surface area is 188 Å². The van der Waals surface area contributed by atoms with Gasteiger partial charge in [0, 0.05) is 31.4 Å². The topological polar surface area (TPSA) is 84.6 Å². The number of piperidine rings is 1. The molecule has 1 aromatic carbocycles. The van der Waals surface area contributed by atoms with Crippen LogP contribution in [0.15, 0.2) is 53.2 Å². The van der Waals surface area contributed by atoms with Gasteiger partial charge in [-0.25, -0.2) is 4.98 Å². The minimum atomic E-state index is -0.235. The molecule has 8 heteroatoms. The number of para-hydroxylation sites is 1. The number of nitrogens with zero attached hydrogens (tertiary/aromatic N) is 5. The first kappa shape index (κ1) is 21.8. The van der Waals surface area contributed by atoms with E-state index in [1.807, 2.05) is 42.5 Å². The first-order valence-electron chi connectivity index (χ1n) is 11.2. The Morgan fingerprint density at radius 2 is 2.00 bits per heavy atom. The van der Waals surface area contributed by atoms with Gasteiger partial charge in [-0.3, -0.25) is 4.79 Å². The summed E-state index contributed by atoms with van der Waals surface area (Å²) in [5.41, 5.74) is 0.845. The van der Waals surface area contributed by atoms with Crippen molar-refractivity contribution in [1.29, 1.82) is 0 Å². The fraction of sp³-hybridized carbons (Fsp3) is 0.417. The van der Waals surface area contributed by atoms with Crippen molar-refractivity contribution in [1.82, 2.24) is 20.0 Å². The predicted molar refractivity (Wildman–Crippen MR) is 121 cm³/mol. The zero-order chi connectivity index (χ0) is 22.3.